The number of carbonyl (C=O) groups excluding carboxylic acids is 1. The summed E-state index contributed by atoms with van der Waals surface area (Å²) < 4.78 is 10.7. The standard InChI is InChI=1S/C14H17NO3/c1-10-12(17-2)7-11(8-13(10)18-3)14(15-9-16)5-4-6-14/h7-8H,4-6H2,1-3H3. The molecule has 1 aromatic rings. The zero-order valence-electron chi connectivity index (χ0n) is 10.9. The van der Waals surface area contributed by atoms with Crippen LogP contribution in [0.4, 0.5) is 0 Å². The van der Waals surface area contributed by atoms with E-state index >= 15 is 0 Å². The van der Waals surface area contributed by atoms with Crippen molar-refractivity contribution >= 4 is 6.08 Å². The first-order chi connectivity index (χ1) is 8.66. The molecule has 0 aliphatic heterocycles. The quantitative estimate of drug-likeness (QED) is 0.607. The Morgan fingerprint density at radius 3 is 2.11 bits per heavy atom. The Bertz CT molecular complexity index is 475. The van der Waals surface area contributed by atoms with Gasteiger partial charge in [0.05, 0.1) is 19.8 Å². The van der Waals surface area contributed by atoms with Crippen molar-refractivity contribution in [3.8, 4) is 11.5 Å². The Labute approximate surface area is 107 Å². The van der Waals surface area contributed by atoms with Crippen LogP contribution in [0, 0.1) is 6.92 Å². The number of aliphatic imine (C=N–C) groups is 1. The fourth-order valence-electron chi connectivity index (χ4n) is 2.42. The molecule has 18 heavy (non-hydrogen) atoms. The smallest absolute Gasteiger partial charge is 0.235 e. The van der Waals surface area contributed by atoms with E-state index in [1.807, 2.05) is 19.1 Å². The third kappa shape index (κ3) is 1.89. The van der Waals surface area contributed by atoms with Gasteiger partial charge in [-0.3, -0.25) is 0 Å². The number of hydrogen-bond acceptors (Lipinski definition) is 4. The van der Waals surface area contributed by atoms with Crippen LogP contribution < -0.4 is 9.47 Å². The summed E-state index contributed by atoms with van der Waals surface area (Å²) in [5, 5.41) is 0. The van der Waals surface area contributed by atoms with Gasteiger partial charge >= 0.3 is 0 Å². The number of hydrogen-bond donors (Lipinski definition) is 0. The molecule has 2 rings (SSSR count). The van der Waals surface area contributed by atoms with Crippen molar-refractivity contribution in [1.82, 2.24) is 0 Å². The van der Waals surface area contributed by atoms with Crippen LogP contribution in [0.2, 0.25) is 0 Å². The SMILES string of the molecule is COc1cc(C2(N=C=O)CCC2)cc(OC)c1C. The second-order valence-electron chi connectivity index (χ2n) is 4.59. The van der Waals surface area contributed by atoms with Gasteiger partial charge in [-0.15, -0.1) is 0 Å². The van der Waals surface area contributed by atoms with E-state index in [-0.39, 0.29) is 0 Å². The molecule has 0 spiro atoms. The minimum Gasteiger partial charge on any atom is -0.496 e. The molecule has 1 aliphatic carbocycles. The molecule has 1 aliphatic rings. The molecule has 1 fully saturated rings. The highest BCUT2D eigenvalue weighted by Crippen LogP contribution is 2.47. The second-order valence-corrected chi connectivity index (χ2v) is 4.59. The van der Waals surface area contributed by atoms with Gasteiger partial charge in [-0.25, -0.2) is 4.79 Å². The van der Waals surface area contributed by atoms with E-state index in [1.165, 1.54) is 0 Å². The molecule has 0 saturated heterocycles. The molecule has 0 aromatic heterocycles. The van der Waals surface area contributed by atoms with E-state index in [0.29, 0.717) is 0 Å². The molecule has 1 saturated carbocycles. The summed E-state index contributed by atoms with van der Waals surface area (Å²) in [6, 6.07) is 3.88. The van der Waals surface area contributed by atoms with Gasteiger partial charge in [0.15, 0.2) is 0 Å². The molecular formula is C14H17NO3. The van der Waals surface area contributed by atoms with Gasteiger partial charge in [-0.05, 0) is 43.9 Å². The average Bonchev–Trinajstić information content (AvgIpc) is 2.34. The average molecular weight is 247 g/mol. The van der Waals surface area contributed by atoms with Crippen LogP contribution in [0.1, 0.15) is 30.4 Å². The molecule has 96 valence electrons. The van der Waals surface area contributed by atoms with Crippen molar-refractivity contribution in [2.75, 3.05) is 14.2 Å². The lowest BCUT2D eigenvalue weighted by atomic mass is 9.72. The summed E-state index contributed by atoms with van der Waals surface area (Å²) in [5.41, 5.74) is 1.50. The van der Waals surface area contributed by atoms with Gasteiger partial charge in [-0.1, -0.05) is 0 Å². The minimum absolute atomic E-state index is 0.421. The molecule has 0 radical (unpaired) electrons. The van der Waals surface area contributed by atoms with E-state index in [9.17, 15) is 4.79 Å². The van der Waals surface area contributed by atoms with E-state index in [4.69, 9.17) is 9.47 Å². The Morgan fingerprint density at radius 1 is 1.22 bits per heavy atom. The van der Waals surface area contributed by atoms with Gasteiger partial charge in [0.1, 0.15) is 11.5 Å². The summed E-state index contributed by atoms with van der Waals surface area (Å²) in [6.45, 7) is 1.94. The Morgan fingerprint density at radius 2 is 1.78 bits per heavy atom. The zero-order chi connectivity index (χ0) is 13.2. The fourth-order valence-corrected chi connectivity index (χ4v) is 2.42. The lowest BCUT2D eigenvalue weighted by Crippen LogP contribution is -2.32. The van der Waals surface area contributed by atoms with Gasteiger partial charge in [-0.2, -0.15) is 4.99 Å². The van der Waals surface area contributed by atoms with E-state index in [2.05, 4.69) is 4.99 Å². The molecule has 0 amide bonds. The predicted molar refractivity (Wildman–Crippen MR) is 67.9 cm³/mol. The van der Waals surface area contributed by atoms with E-state index in [1.54, 1.807) is 20.3 Å². The van der Waals surface area contributed by atoms with Crippen LogP contribution in [-0.2, 0) is 10.3 Å². The maximum Gasteiger partial charge on any atom is 0.235 e. The number of methoxy groups -OCH3 is 2. The first-order valence-corrected chi connectivity index (χ1v) is 5.99. The lowest BCUT2D eigenvalue weighted by Gasteiger charge is -2.37. The topological polar surface area (TPSA) is 47.9 Å². The van der Waals surface area contributed by atoms with E-state index in [0.717, 1.165) is 41.9 Å². The van der Waals surface area contributed by atoms with Crippen molar-refractivity contribution < 1.29 is 14.3 Å². The number of ether oxygens (including phenoxy) is 2. The van der Waals surface area contributed by atoms with Gasteiger partial charge in [0.2, 0.25) is 6.08 Å². The highest BCUT2D eigenvalue weighted by atomic mass is 16.5. The highest BCUT2D eigenvalue weighted by molar-refractivity contribution is 5.51. The number of isocyanates is 1. The minimum atomic E-state index is -0.421. The Hall–Kier alpha value is -1.80. The molecule has 0 atom stereocenters. The summed E-state index contributed by atoms with van der Waals surface area (Å²) in [6.07, 6.45) is 4.51. The summed E-state index contributed by atoms with van der Waals surface area (Å²) >= 11 is 0. The summed E-state index contributed by atoms with van der Waals surface area (Å²) in [7, 11) is 3.25. The Kier molecular flexibility index (Phi) is 3.39. The van der Waals surface area contributed by atoms with Crippen LogP contribution in [0.15, 0.2) is 17.1 Å². The van der Waals surface area contributed by atoms with Crippen LogP contribution in [0.25, 0.3) is 0 Å². The third-order valence-corrected chi connectivity index (χ3v) is 3.73. The fraction of sp³-hybridized carbons (Fsp3) is 0.500. The van der Waals surface area contributed by atoms with Gasteiger partial charge < -0.3 is 9.47 Å². The predicted octanol–water partition coefficient (Wildman–Crippen LogP) is 2.73. The van der Waals surface area contributed by atoms with Crippen LogP contribution in [0.5, 0.6) is 11.5 Å². The lowest BCUT2D eigenvalue weighted by molar-refractivity contribution is 0.253. The summed E-state index contributed by atoms with van der Waals surface area (Å²) in [4.78, 5) is 14.6. The maximum absolute atomic E-state index is 10.6. The van der Waals surface area contributed by atoms with Crippen LogP contribution in [-0.4, -0.2) is 20.3 Å². The van der Waals surface area contributed by atoms with Crippen molar-refractivity contribution in [3.05, 3.63) is 23.3 Å². The largest absolute Gasteiger partial charge is 0.496 e. The van der Waals surface area contributed by atoms with Gasteiger partial charge in [0.25, 0.3) is 0 Å². The first-order valence-electron chi connectivity index (χ1n) is 5.99. The van der Waals surface area contributed by atoms with Crippen LogP contribution >= 0.6 is 0 Å². The van der Waals surface area contributed by atoms with E-state index < -0.39 is 5.54 Å². The Balaban J connectivity index is 2.54. The zero-order valence-corrected chi connectivity index (χ0v) is 10.9. The normalized spacial score (nSPS) is 16.4. The van der Waals surface area contributed by atoms with Gasteiger partial charge in [0, 0.05) is 5.56 Å². The van der Waals surface area contributed by atoms with Crippen molar-refractivity contribution in [1.29, 1.82) is 0 Å². The number of nitrogens with zero attached hydrogens (tertiary/aromatic N) is 1. The highest BCUT2D eigenvalue weighted by Gasteiger charge is 2.39. The van der Waals surface area contributed by atoms with Crippen LogP contribution in [0.3, 0.4) is 0 Å². The van der Waals surface area contributed by atoms with Crippen molar-refractivity contribution in [2.24, 2.45) is 4.99 Å². The molecule has 4 heteroatoms. The summed E-state index contributed by atoms with van der Waals surface area (Å²) in [5.74, 6) is 1.52. The maximum atomic E-state index is 10.6. The van der Waals surface area contributed by atoms with Crippen molar-refractivity contribution in [3.63, 3.8) is 0 Å². The third-order valence-electron chi connectivity index (χ3n) is 3.73. The number of rotatable bonds is 4. The monoisotopic (exact) mass is 247 g/mol. The molecule has 0 unspecified atom stereocenters. The molecular weight excluding hydrogens is 230 g/mol. The molecule has 0 heterocycles. The molecule has 4 nitrogen and oxygen atoms in total. The first kappa shape index (κ1) is 12.7. The van der Waals surface area contributed by atoms with Crippen molar-refractivity contribution in [2.45, 2.75) is 31.7 Å². The number of benzene rings is 1. The molecule has 0 bridgehead atoms. The second kappa shape index (κ2) is 4.83. The molecule has 1 aromatic carbocycles. The molecule has 0 N–H and O–H groups in total.